The van der Waals surface area contributed by atoms with Gasteiger partial charge in [-0.15, -0.1) is 0 Å². The molecular formula is C33H47N3O7Si. The number of Topliss-reactive ketones (excluding diaryl/α,β-unsaturated/α-hetero) is 1. The van der Waals surface area contributed by atoms with Crippen molar-refractivity contribution >= 4 is 32.0 Å². The second-order valence-corrected chi connectivity index (χ2v) is 18.3. The van der Waals surface area contributed by atoms with Gasteiger partial charge >= 0.3 is 6.09 Å². The van der Waals surface area contributed by atoms with Crippen molar-refractivity contribution in [3.63, 3.8) is 0 Å². The normalized spacial score (nSPS) is 15.6. The molecule has 44 heavy (non-hydrogen) atoms. The lowest BCUT2D eigenvalue weighted by Crippen LogP contribution is -2.46. The highest BCUT2D eigenvalue weighted by Crippen LogP contribution is 2.38. The number of carbonyl (C=O) groups excluding carboxylic acids is 4. The number of likely N-dealkylation sites (tertiary alicyclic amines) is 1. The lowest BCUT2D eigenvalue weighted by atomic mass is 10.1. The first kappa shape index (κ1) is 34.8. The van der Waals surface area contributed by atoms with Crippen LogP contribution in [-0.2, 0) is 31.8 Å². The van der Waals surface area contributed by atoms with E-state index in [1.54, 1.807) is 62.1 Å². The number of ketones is 1. The Morgan fingerprint density at radius 2 is 1.45 bits per heavy atom. The van der Waals surface area contributed by atoms with E-state index in [2.05, 4.69) is 44.5 Å². The van der Waals surface area contributed by atoms with Gasteiger partial charge in [0, 0.05) is 18.7 Å². The van der Waals surface area contributed by atoms with Gasteiger partial charge in [0.1, 0.15) is 17.5 Å². The van der Waals surface area contributed by atoms with Crippen LogP contribution >= 0.6 is 0 Å². The minimum Gasteiger partial charge on any atom is -0.493 e. The number of hydrogen-bond donors (Lipinski definition) is 2. The van der Waals surface area contributed by atoms with Gasteiger partial charge in [0.15, 0.2) is 14.1 Å². The van der Waals surface area contributed by atoms with Crippen LogP contribution in [0.4, 0.5) is 4.79 Å². The fourth-order valence-corrected chi connectivity index (χ4v) is 5.42. The number of amides is 3. The molecule has 0 saturated carbocycles. The molecular weight excluding hydrogens is 578 g/mol. The third kappa shape index (κ3) is 10.5. The highest BCUT2D eigenvalue weighted by Gasteiger charge is 2.43. The van der Waals surface area contributed by atoms with E-state index in [-0.39, 0.29) is 42.2 Å². The summed E-state index contributed by atoms with van der Waals surface area (Å²) in [6.45, 7) is 17.2. The molecule has 1 fully saturated rings. The zero-order valence-corrected chi connectivity index (χ0v) is 28.2. The van der Waals surface area contributed by atoms with Crippen LogP contribution in [0.5, 0.6) is 5.75 Å². The predicted octanol–water partition coefficient (Wildman–Crippen LogP) is 5.21. The Bertz CT molecular complexity index is 1310. The fraction of sp³-hybridized carbons (Fsp3) is 0.515. The average Bonchev–Trinajstić information content (AvgIpc) is 3.29. The van der Waals surface area contributed by atoms with Gasteiger partial charge in [0.05, 0.1) is 26.1 Å². The highest BCUT2D eigenvalue weighted by atomic mass is 28.4. The smallest absolute Gasteiger partial charge is 0.407 e. The molecule has 0 aromatic heterocycles. The van der Waals surface area contributed by atoms with E-state index < -0.39 is 26.1 Å². The minimum absolute atomic E-state index is 0.0172. The molecule has 1 aliphatic rings. The van der Waals surface area contributed by atoms with Crippen molar-refractivity contribution in [2.45, 2.75) is 90.9 Å². The summed E-state index contributed by atoms with van der Waals surface area (Å²) in [7, 11) is -2.12. The number of carbonyl (C=O) groups is 4. The van der Waals surface area contributed by atoms with Crippen LogP contribution < -0.4 is 15.4 Å². The molecule has 0 bridgehead atoms. The second-order valence-electron chi connectivity index (χ2n) is 13.6. The summed E-state index contributed by atoms with van der Waals surface area (Å²) in [6, 6.07) is 14.3. The molecule has 2 aromatic carbocycles. The summed E-state index contributed by atoms with van der Waals surface area (Å²) >= 11 is 0. The Morgan fingerprint density at radius 3 is 2.02 bits per heavy atom. The van der Waals surface area contributed by atoms with Crippen molar-refractivity contribution < 1.29 is 33.1 Å². The lowest BCUT2D eigenvalue weighted by Gasteiger charge is -2.37. The van der Waals surface area contributed by atoms with Gasteiger partial charge in [0.25, 0.3) is 5.91 Å². The number of rotatable bonds is 11. The second kappa shape index (κ2) is 14.4. The summed E-state index contributed by atoms with van der Waals surface area (Å²) in [5, 5.41) is 5.57. The van der Waals surface area contributed by atoms with Crippen LogP contribution in [0.25, 0.3) is 0 Å². The molecule has 0 unspecified atom stereocenters. The Labute approximate surface area is 261 Å². The van der Waals surface area contributed by atoms with Crippen molar-refractivity contribution in [1.82, 2.24) is 15.5 Å². The van der Waals surface area contributed by atoms with Gasteiger partial charge in [-0.05, 0) is 74.3 Å². The van der Waals surface area contributed by atoms with Gasteiger partial charge in [-0.1, -0.05) is 45.0 Å². The maximum atomic E-state index is 12.7. The number of hydrogen-bond acceptors (Lipinski definition) is 7. The molecule has 3 rings (SSSR count). The van der Waals surface area contributed by atoms with Gasteiger partial charge in [-0.25, -0.2) is 4.79 Å². The largest absolute Gasteiger partial charge is 0.493 e. The average molecular weight is 626 g/mol. The quantitative estimate of drug-likeness (QED) is 0.329. The zero-order valence-electron chi connectivity index (χ0n) is 27.2. The van der Waals surface area contributed by atoms with E-state index >= 15 is 0 Å². The summed E-state index contributed by atoms with van der Waals surface area (Å²) in [6.07, 6.45) is -0.889. The first-order valence-corrected chi connectivity index (χ1v) is 17.9. The molecule has 0 spiro atoms. The first-order valence-electron chi connectivity index (χ1n) is 15.0. The van der Waals surface area contributed by atoms with E-state index in [9.17, 15) is 19.2 Å². The predicted molar refractivity (Wildman–Crippen MR) is 171 cm³/mol. The fourth-order valence-electron chi connectivity index (χ4n) is 4.15. The van der Waals surface area contributed by atoms with E-state index in [4.69, 9.17) is 13.9 Å². The van der Waals surface area contributed by atoms with Crippen LogP contribution in [-0.4, -0.2) is 68.3 Å². The summed E-state index contributed by atoms with van der Waals surface area (Å²) < 4.78 is 17.2. The third-order valence-electron chi connectivity index (χ3n) is 7.70. The van der Waals surface area contributed by atoms with Crippen molar-refractivity contribution in [2.24, 2.45) is 0 Å². The van der Waals surface area contributed by atoms with Gasteiger partial charge < -0.3 is 29.4 Å². The van der Waals surface area contributed by atoms with Crippen LogP contribution in [0.1, 0.15) is 69.4 Å². The van der Waals surface area contributed by atoms with E-state index in [0.717, 1.165) is 11.1 Å². The number of benzene rings is 2. The molecule has 10 nitrogen and oxygen atoms in total. The molecule has 1 aliphatic heterocycles. The van der Waals surface area contributed by atoms with E-state index in [1.165, 1.54) is 0 Å². The van der Waals surface area contributed by atoms with Crippen LogP contribution in [0.15, 0.2) is 48.5 Å². The molecule has 0 aliphatic carbocycles. The van der Waals surface area contributed by atoms with E-state index in [1.807, 2.05) is 12.1 Å². The van der Waals surface area contributed by atoms with Crippen molar-refractivity contribution in [2.75, 3.05) is 19.7 Å². The Kier molecular flexibility index (Phi) is 11.4. The number of ether oxygens (including phenoxy) is 2. The molecule has 0 radical (unpaired) electrons. The Morgan fingerprint density at radius 1 is 0.886 bits per heavy atom. The molecule has 11 heteroatoms. The van der Waals surface area contributed by atoms with Crippen LogP contribution in [0.2, 0.25) is 18.1 Å². The molecule has 1 atom stereocenters. The summed E-state index contributed by atoms with van der Waals surface area (Å²) in [5.41, 5.74) is 1.68. The van der Waals surface area contributed by atoms with Gasteiger partial charge in [-0.3, -0.25) is 14.4 Å². The summed E-state index contributed by atoms with van der Waals surface area (Å²) in [5.74, 6) is 0.218. The minimum atomic E-state index is -2.12. The van der Waals surface area contributed by atoms with Crippen molar-refractivity contribution in [3.8, 4) is 5.75 Å². The van der Waals surface area contributed by atoms with Gasteiger partial charge in [0.2, 0.25) is 5.91 Å². The monoisotopic (exact) mass is 625 g/mol. The number of alkyl carbamates (subject to hydrolysis) is 1. The molecule has 1 heterocycles. The Hall–Kier alpha value is -3.70. The molecule has 240 valence electrons. The molecule has 3 amide bonds. The van der Waals surface area contributed by atoms with Crippen molar-refractivity contribution in [3.05, 3.63) is 65.2 Å². The SMILES string of the molecule is CC(C)(C)OC(=O)NCc1ccc(C(=O)NCc2ccc(OCCC(=O)N3CC(=O)[C@H](O[Si](C)(C)C(C)(C)C)C3)cc2)cc1. The summed E-state index contributed by atoms with van der Waals surface area (Å²) in [4.78, 5) is 51.2. The van der Waals surface area contributed by atoms with Crippen LogP contribution in [0.3, 0.4) is 0 Å². The Balaban J connectivity index is 1.38. The third-order valence-corrected chi connectivity index (χ3v) is 12.2. The highest BCUT2D eigenvalue weighted by molar-refractivity contribution is 6.74. The number of nitrogens with zero attached hydrogens (tertiary/aromatic N) is 1. The maximum absolute atomic E-state index is 12.7. The first-order chi connectivity index (χ1) is 20.4. The van der Waals surface area contributed by atoms with E-state index in [0.29, 0.717) is 30.9 Å². The molecule has 2 N–H and O–H groups in total. The van der Waals surface area contributed by atoms with Crippen molar-refractivity contribution in [1.29, 1.82) is 0 Å². The standard InChI is InChI=1S/C33H47N3O7Si/c1-32(2,3)42-31(40)35-20-23-9-13-25(14-10-23)30(39)34-19-24-11-15-26(16-12-24)41-18-17-29(38)36-21-27(37)28(22-36)43-44(7,8)33(4,5)6/h9-16,28H,17-22H2,1-8H3,(H,34,39)(H,35,40)/t28-/m1/s1. The maximum Gasteiger partial charge on any atom is 0.407 e. The van der Waals surface area contributed by atoms with Crippen LogP contribution in [0, 0.1) is 0 Å². The number of nitrogens with one attached hydrogen (secondary N) is 2. The molecule has 2 aromatic rings. The topological polar surface area (TPSA) is 123 Å². The zero-order chi connectivity index (χ0) is 32.7. The lowest BCUT2D eigenvalue weighted by molar-refractivity contribution is -0.132. The van der Waals surface area contributed by atoms with Gasteiger partial charge in [-0.2, -0.15) is 0 Å². The molecule has 1 saturated heterocycles.